The Morgan fingerprint density at radius 2 is 1.89 bits per heavy atom. The third kappa shape index (κ3) is 3.49. The first-order valence-electron chi connectivity index (χ1n) is 6.09. The summed E-state index contributed by atoms with van der Waals surface area (Å²) in [4.78, 5) is 4.13. The summed E-state index contributed by atoms with van der Waals surface area (Å²) in [5.74, 6) is 0.644. The highest BCUT2D eigenvalue weighted by Crippen LogP contribution is 2.37. The summed E-state index contributed by atoms with van der Waals surface area (Å²) in [5, 5.41) is 0. The van der Waals surface area contributed by atoms with Gasteiger partial charge in [-0.3, -0.25) is 0 Å². The standard InChI is InChI=1S/C13H14BrF3N2/c14-11-6-5-9(7-10(11)13(15,16)17)19-12(18)8-3-1-2-4-8/h5-8H,1-4H2,(H2,18,19). The molecule has 0 saturated heterocycles. The molecule has 0 aliphatic heterocycles. The Morgan fingerprint density at radius 1 is 1.26 bits per heavy atom. The van der Waals surface area contributed by atoms with Gasteiger partial charge >= 0.3 is 6.18 Å². The van der Waals surface area contributed by atoms with Crippen LogP contribution in [0.4, 0.5) is 18.9 Å². The van der Waals surface area contributed by atoms with Gasteiger partial charge in [-0.05, 0) is 31.0 Å². The van der Waals surface area contributed by atoms with Gasteiger partial charge < -0.3 is 5.73 Å². The van der Waals surface area contributed by atoms with E-state index in [1.165, 1.54) is 12.1 Å². The summed E-state index contributed by atoms with van der Waals surface area (Å²) >= 11 is 2.90. The first-order chi connectivity index (χ1) is 8.88. The molecule has 2 nitrogen and oxygen atoms in total. The highest BCUT2D eigenvalue weighted by Gasteiger charge is 2.33. The number of benzene rings is 1. The van der Waals surface area contributed by atoms with E-state index in [1.807, 2.05) is 0 Å². The number of nitrogens with zero attached hydrogens (tertiary/aromatic N) is 1. The van der Waals surface area contributed by atoms with E-state index < -0.39 is 11.7 Å². The SMILES string of the molecule is NC(=Nc1ccc(Br)c(C(F)(F)F)c1)C1CCCC1. The molecule has 0 heterocycles. The molecule has 0 amide bonds. The van der Waals surface area contributed by atoms with E-state index in [9.17, 15) is 13.2 Å². The fourth-order valence-electron chi connectivity index (χ4n) is 2.26. The minimum Gasteiger partial charge on any atom is -0.387 e. The van der Waals surface area contributed by atoms with Crippen LogP contribution in [0.3, 0.4) is 0 Å². The zero-order valence-electron chi connectivity index (χ0n) is 10.2. The van der Waals surface area contributed by atoms with Crippen LogP contribution in [0.2, 0.25) is 0 Å². The molecule has 1 saturated carbocycles. The van der Waals surface area contributed by atoms with E-state index in [0.29, 0.717) is 5.84 Å². The van der Waals surface area contributed by atoms with Gasteiger partial charge in [-0.2, -0.15) is 13.2 Å². The zero-order valence-corrected chi connectivity index (χ0v) is 11.8. The zero-order chi connectivity index (χ0) is 14.0. The molecule has 1 aromatic carbocycles. The molecule has 19 heavy (non-hydrogen) atoms. The largest absolute Gasteiger partial charge is 0.417 e. The van der Waals surface area contributed by atoms with Crippen LogP contribution in [0, 0.1) is 5.92 Å². The average Bonchev–Trinajstić information content (AvgIpc) is 2.83. The second kappa shape index (κ2) is 5.53. The van der Waals surface area contributed by atoms with Crippen molar-refractivity contribution in [1.82, 2.24) is 0 Å². The molecule has 2 rings (SSSR count). The van der Waals surface area contributed by atoms with Crippen molar-refractivity contribution in [2.75, 3.05) is 0 Å². The van der Waals surface area contributed by atoms with Crippen LogP contribution in [-0.2, 0) is 6.18 Å². The van der Waals surface area contributed by atoms with Gasteiger partial charge in [-0.15, -0.1) is 0 Å². The Morgan fingerprint density at radius 3 is 2.47 bits per heavy atom. The van der Waals surface area contributed by atoms with Crippen molar-refractivity contribution in [2.24, 2.45) is 16.6 Å². The molecule has 1 aliphatic carbocycles. The molecular formula is C13H14BrF3N2. The number of halogens is 4. The lowest BCUT2D eigenvalue weighted by molar-refractivity contribution is -0.138. The summed E-state index contributed by atoms with van der Waals surface area (Å²) in [6, 6.07) is 3.90. The van der Waals surface area contributed by atoms with Gasteiger partial charge in [0.1, 0.15) is 5.84 Å². The molecular weight excluding hydrogens is 321 g/mol. The fourth-order valence-corrected chi connectivity index (χ4v) is 2.73. The van der Waals surface area contributed by atoms with E-state index in [-0.39, 0.29) is 16.1 Å². The van der Waals surface area contributed by atoms with Gasteiger partial charge in [0.2, 0.25) is 0 Å². The third-order valence-corrected chi connectivity index (χ3v) is 3.98. The lowest BCUT2D eigenvalue weighted by Crippen LogP contribution is -2.20. The van der Waals surface area contributed by atoms with Crippen molar-refractivity contribution < 1.29 is 13.2 Å². The van der Waals surface area contributed by atoms with Crippen LogP contribution in [0.15, 0.2) is 27.7 Å². The van der Waals surface area contributed by atoms with Gasteiger partial charge in [-0.1, -0.05) is 28.8 Å². The van der Waals surface area contributed by atoms with Crippen molar-refractivity contribution in [3.8, 4) is 0 Å². The lowest BCUT2D eigenvalue weighted by atomic mass is 10.1. The van der Waals surface area contributed by atoms with Gasteiger partial charge in [-0.25, -0.2) is 4.99 Å². The number of hydrogen-bond acceptors (Lipinski definition) is 1. The lowest BCUT2D eigenvalue weighted by Gasteiger charge is -2.11. The van der Waals surface area contributed by atoms with Gasteiger partial charge in [0, 0.05) is 10.4 Å². The van der Waals surface area contributed by atoms with E-state index in [4.69, 9.17) is 5.73 Å². The number of amidine groups is 1. The predicted molar refractivity (Wildman–Crippen MR) is 72.4 cm³/mol. The molecule has 1 aromatic rings. The Bertz CT molecular complexity index is 491. The van der Waals surface area contributed by atoms with E-state index in [0.717, 1.165) is 31.7 Å². The van der Waals surface area contributed by atoms with Crippen molar-refractivity contribution in [3.63, 3.8) is 0 Å². The summed E-state index contributed by atoms with van der Waals surface area (Å²) in [7, 11) is 0. The van der Waals surface area contributed by atoms with Crippen LogP contribution in [0.25, 0.3) is 0 Å². The van der Waals surface area contributed by atoms with Crippen LogP contribution >= 0.6 is 15.9 Å². The normalized spacial score (nSPS) is 18.0. The van der Waals surface area contributed by atoms with Crippen molar-refractivity contribution in [3.05, 3.63) is 28.2 Å². The Balaban J connectivity index is 2.28. The molecule has 0 aromatic heterocycles. The summed E-state index contributed by atoms with van der Waals surface area (Å²) in [5.41, 5.74) is 5.39. The number of alkyl halides is 3. The molecule has 0 radical (unpaired) electrons. The number of aliphatic imine (C=N–C) groups is 1. The maximum Gasteiger partial charge on any atom is 0.417 e. The minimum absolute atomic E-state index is 0.0124. The van der Waals surface area contributed by atoms with Crippen molar-refractivity contribution in [1.29, 1.82) is 0 Å². The Labute approximate surface area is 118 Å². The summed E-state index contributed by atoms with van der Waals surface area (Å²) in [6.07, 6.45) is -0.244. The molecule has 0 unspecified atom stereocenters. The van der Waals surface area contributed by atoms with Crippen LogP contribution < -0.4 is 5.73 Å². The van der Waals surface area contributed by atoms with Crippen molar-refractivity contribution >= 4 is 27.5 Å². The van der Waals surface area contributed by atoms with Crippen LogP contribution in [-0.4, -0.2) is 5.84 Å². The molecule has 1 fully saturated rings. The van der Waals surface area contributed by atoms with E-state index in [2.05, 4.69) is 20.9 Å². The second-order valence-electron chi connectivity index (χ2n) is 4.68. The van der Waals surface area contributed by atoms with Gasteiger partial charge in [0.15, 0.2) is 0 Å². The molecule has 0 spiro atoms. The third-order valence-electron chi connectivity index (χ3n) is 3.29. The van der Waals surface area contributed by atoms with Crippen LogP contribution in [0.1, 0.15) is 31.2 Å². The van der Waals surface area contributed by atoms with Gasteiger partial charge in [0.25, 0.3) is 0 Å². The molecule has 1 aliphatic rings. The van der Waals surface area contributed by atoms with E-state index in [1.54, 1.807) is 0 Å². The van der Waals surface area contributed by atoms with E-state index >= 15 is 0 Å². The maximum absolute atomic E-state index is 12.8. The summed E-state index contributed by atoms with van der Waals surface area (Å²) in [6.45, 7) is 0. The Kier molecular flexibility index (Phi) is 4.18. The second-order valence-corrected chi connectivity index (χ2v) is 5.53. The average molecular weight is 335 g/mol. The molecule has 104 valence electrons. The van der Waals surface area contributed by atoms with Crippen LogP contribution in [0.5, 0.6) is 0 Å². The summed E-state index contributed by atoms with van der Waals surface area (Å²) < 4.78 is 38.3. The highest BCUT2D eigenvalue weighted by atomic mass is 79.9. The first kappa shape index (κ1) is 14.4. The topological polar surface area (TPSA) is 38.4 Å². The van der Waals surface area contributed by atoms with Gasteiger partial charge in [0.05, 0.1) is 11.3 Å². The predicted octanol–water partition coefficient (Wildman–Crippen LogP) is 4.65. The van der Waals surface area contributed by atoms with Crippen molar-refractivity contribution in [2.45, 2.75) is 31.9 Å². The fraction of sp³-hybridized carbons (Fsp3) is 0.462. The number of rotatable bonds is 2. The highest BCUT2D eigenvalue weighted by molar-refractivity contribution is 9.10. The smallest absolute Gasteiger partial charge is 0.387 e. The molecule has 0 bridgehead atoms. The number of hydrogen-bond donors (Lipinski definition) is 1. The molecule has 2 N–H and O–H groups in total. The monoisotopic (exact) mass is 334 g/mol. The number of nitrogens with two attached hydrogens (primary N) is 1. The molecule has 0 atom stereocenters. The quantitative estimate of drug-likeness (QED) is 0.620. The minimum atomic E-state index is -4.40. The first-order valence-corrected chi connectivity index (χ1v) is 6.88. The Hall–Kier alpha value is -1.04. The maximum atomic E-state index is 12.8. The molecule has 6 heteroatoms.